The van der Waals surface area contributed by atoms with Crippen LogP contribution in [0, 0.1) is 0 Å². The van der Waals surface area contributed by atoms with Crippen molar-refractivity contribution < 1.29 is 14.3 Å². The lowest BCUT2D eigenvalue weighted by molar-refractivity contribution is 0.262. The molecular weight excluding hydrogens is 438 g/mol. The van der Waals surface area contributed by atoms with Crippen molar-refractivity contribution in [1.29, 1.82) is 0 Å². The Hall–Kier alpha value is -4.32. The minimum Gasteiger partial charge on any atom is -0.493 e. The fourth-order valence-corrected chi connectivity index (χ4v) is 4.46. The lowest BCUT2D eigenvalue weighted by Gasteiger charge is -2.20. The number of methoxy groups -OCH3 is 2. The maximum atomic E-state index is 12.6. The highest BCUT2D eigenvalue weighted by atomic mass is 16.5. The van der Waals surface area contributed by atoms with Gasteiger partial charge in [-0.25, -0.2) is 4.79 Å². The molecule has 2 N–H and O–H groups in total. The number of rotatable bonds is 6. The van der Waals surface area contributed by atoms with Gasteiger partial charge in [-0.05, 0) is 53.3 Å². The molecule has 0 saturated heterocycles. The van der Waals surface area contributed by atoms with Gasteiger partial charge in [-0.3, -0.25) is 4.99 Å². The number of aliphatic imine (C=N–C) groups is 1. The number of hydrogen-bond acceptors (Lipinski definition) is 4. The molecule has 0 spiro atoms. The van der Waals surface area contributed by atoms with Crippen LogP contribution in [-0.2, 0) is 12.8 Å². The van der Waals surface area contributed by atoms with Gasteiger partial charge in [-0.2, -0.15) is 0 Å². The number of carbonyl (C=O) groups is 1. The Labute approximate surface area is 204 Å². The Kier molecular flexibility index (Phi) is 6.35. The molecule has 1 aliphatic heterocycles. The third-order valence-corrected chi connectivity index (χ3v) is 6.23. The molecule has 0 radical (unpaired) electrons. The summed E-state index contributed by atoms with van der Waals surface area (Å²) in [4.78, 5) is 17.4. The fourth-order valence-electron chi connectivity index (χ4n) is 4.46. The number of nitrogens with zero attached hydrogens (tertiary/aromatic N) is 1. The number of carbonyl (C=O) groups excluding carboxylic acids is 1. The smallest absolute Gasteiger partial charge is 0.323 e. The lowest BCUT2D eigenvalue weighted by Crippen LogP contribution is -2.19. The molecule has 2 amide bonds. The molecule has 0 unspecified atom stereocenters. The van der Waals surface area contributed by atoms with Crippen molar-refractivity contribution in [1.82, 2.24) is 0 Å². The molecule has 0 atom stereocenters. The summed E-state index contributed by atoms with van der Waals surface area (Å²) in [7, 11) is 3.30. The Balaban J connectivity index is 1.27. The number of hydrogen-bond donors (Lipinski definition) is 2. The molecule has 5 rings (SSSR count). The highest BCUT2D eigenvalue weighted by molar-refractivity contribution is 6.06. The first-order valence-corrected chi connectivity index (χ1v) is 11.6. The Bertz CT molecular complexity index is 1410. The number of benzene rings is 4. The van der Waals surface area contributed by atoms with Crippen LogP contribution >= 0.6 is 0 Å². The van der Waals surface area contributed by atoms with E-state index in [4.69, 9.17) is 14.5 Å². The quantitative estimate of drug-likeness (QED) is 0.362. The minimum atomic E-state index is -0.277. The van der Waals surface area contributed by atoms with Gasteiger partial charge >= 0.3 is 6.03 Å². The van der Waals surface area contributed by atoms with Crippen molar-refractivity contribution in [2.24, 2.45) is 4.99 Å². The molecule has 1 aliphatic rings. The maximum Gasteiger partial charge on any atom is 0.323 e. The Morgan fingerprint density at radius 1 is 0.886 bits per heavy atom. The normalized spacial score (nSPS) is 12.5. The highest BCUT2D eigenvalue weighted by Crippen LogP contribution is 2.33. The summed E-state index contributed by atoms with van der Waals surface area (Å²) in [6, 6.07) is 25.5. The van der Waals surface area contributed by atoms with Crippen LogP contribution in [0.1, 0.15) is 16.7 Å². The van der Waals surface area contributed by atoms with E-state index in [2.05, 4.69) is 10.6 Å². The van der Waals surface area contributed by atoms with E-state index < -0.39 is 0 Å². The molecule has 0 aliphatic carbocycles. The molecule has 0 bridgehead atoms. The topological polar surface area (TPSA) is 72.0 Å². The first kappa shape index (κ1) is 22.5. The molecule has 176 valence electrons. The van der Waals surface area contributed by atoms with Crippen molar-refractivity contribution in [2.75, 3.05) is 31.4 Å². The van der Waals surface area contributed by atoms with Crippen LogP contribution in [0.5, 0.6) is 11.5 Å². The summed E-state index contributed by atoms with van der Waals surface area (Å²) in [6.07, 6.45) is 1.58. The van der Waals surface area contributed by atoms with E-state index in [1.54, 1.807) is 14.2 Å². The van der Waals surface area contributed by atoms with Gasteiger partial charge in [0, 0.05) is 35.3 Å². The second-order valence-electron chi connectivity index (χ2n) is 8.42. The maximum absolute atomic E-state index is 12.6. The van der Waals surface area contributed by atoms with E-state index in [0.29, 0.717) is 12.2 Å². The first-order valence-electron chi connectivity index (χ1n) is 11.6. The second kappa shape index (κ2) is 9.89. The van der Waals surface area contributed by atoms with E-state index >= 15 is 0 Å². The van der Waals surface area contributed by atoms with Crippen LogP contribution in [0.25, 0.3) is 10.8 Å². The van der Waals surface area contributed by atoms with Gasteiger partial charge in [0.1, 0.15) is 0 Å². The predicted molar refractivity (Wildman–Crippen MR) is 141 cm³/mol. The van der Waals surface area contributed by atoms with E-state index in [1.165, 1.54) is 5.56 Å². The average molecular weight is 466 g/mol. The van der Waals surface area contributed by atoms with E-state index in [-0.39, 0.29) is 6.03 Å². The molecule has 4 aromatic carbocycles. The largest absolute Gasteiger partial charge is 0.493 e. The molecule has 6 nitrogen and oxygen atoms in total. The second-order valence-corrected chi connectivity index (χ2v) is 8.42. The fraction of sp³-hybridized carbons (Fsp3) is 0.172. The van der Waals surface area contributed by atoms with Crippen molar-refractivity contribution >= 4 is 33.9 Å². The van der Waals surface area contributed by atoms with E-state index in [1.807, 2.05) is 78.9 Å². The summed E-state index contributed by atoms with van der Waals surface area (Å²) in [5, 5.41) is 7.96. The molecule has 6 heteroatoms. The number of fused-ring (bicyclic) bond motifs is 2. The van der Waals surface area contributed by atoms with Crippen LogP contribution < -0.4 is 20.1 Å². The molecule has 0 fully saturated rings. The summed E-state index contributed by atoms with van der Waals surface area (Å²) >= 11 is 0. The molecule has 1 heterocycles. The van der Waals surface area contributed by atoms with Gasteiger partial charge in [-0.1, -0.05) is 48.5 Å². The number of amides is 2. The van der Waals surface area contributed by atoms with Crippen LogP contribution in [0.15, 0.2) is 83.9 Å². The van der Waals surface area contributed by atoms with Crippen LogP contribution in [0.4, 0.5) is 16.2 Å². The van der Waals surface area contributed by atoms with E-state index in [0.717, 1.165) is 57.7 Å². The van der Waals surface area contributed by atoms with Crippen molar-refractivity contribution in [3.05, 3.63) is 95.6 Å². The monoisotopic (exact) mass is 465 g/mol. The Morgan fingerprint density at radius 2 is 1.63 bits per heavy atom. The zero-order chi connectivity index (χ0) is 24.2. The first-order chi connectivity index (χ1) is 17.1. The minimum absolute atomic E-state index is 0.277. The van der Waals surface area contributed by atoms with Crippen molar-refractivity contribution in [2.45, 2.75) is 12.8 Å². The van der Waals surface area contributed by atoms with Gasteiger partial charge in [0.05, 0.1) is 19.9 Å². The van der Waals surface area contributed by atoms with Gasteiger partial charge in [0.25, 0.3) is 0 Å². The summed E-state index contributed by atoms with van der Waals surface area (Å²) in [6.45, 7) is 0.756. The molecule has 0 aromatic heterocycles. The number of nitrogens with one attached hydrogen (secondary N) is 2. The molecule has 0 saturated carbocycles. The zero-order valence-electron chi connectivity index (χ0n) is 19.8. The van der Waals surface area contributed by atoms with Gasteiger partial charge in [0.15, 0.2) is 11.5 Å². The predicted octanol–water partition coefficient (Wildman–Crippen LogP) is 6.09. The lowest BCUT2D eigenvalue weighted by atomic mass is 9.93. The highest BCUT2D eigenvalue weighted by Gasteiger charge is 2.19. The number of anilines is 2. The van der Waals surface area contributed by atoms with Gasteiger partial charge in [0.2, 0.25) is 0 Å². The van der Waals surface area contributed by atoms with Gasteiger partial charge in [-0.15, -0.1) is 0 Å². The van der Waals surface area contributed by atoms with E-state index in [9.17, 15) is 4.79 Å². The molecular formula is C29H27N3O3. The SMILES string of the molecule is COc1cc2c(cc1OC)C(Cc1ccc(NC(=O)Nc3cccc4ccccc34)cc1)=NCC2. The molecule has 35 heavy (non-hydrogen) atoms. The van der Waals surface area contributed by atoms with Gasteiger partial charge < -0.3 is 20.1 Å². The van der Waals surface area contributed by atoms with Crippen LogP contribution in [0.2, 0.25) is 0 Å². The van der Waals surface area contributed by atoms with Crippen LogP contribution in [-0.4, -0.2) is 32.5 Å². The zero-order valence-corrected chi connectivity index (χ0v) is 19.8. The molecule has 4 aromatic rings. The average Bonchev–Trinajstić information content (AvgIpc) is 2.89. The summed E-state index contributed by atoms with van der Waals surface area (Å²) < 4.78 is 10.9. The third-order valence-electron chi connectivity index (χ3n) is 6.23. The third kappa shape index (κ3) is 4.82. The Morgan fingerprint density at radius 3 is 2.43 bits per heavy atom. The van der Waals surface area contributed by atoms with Crippen LogP contribution in [0.3, 0.4) is 0 Å². The summed E-state index contributed by atoms with van der Waals surface area (Å²) in [5.74, 6) is 1.45. The van der Waals surface area contributed by atoms with Crippen molar-refractivity contribution in [3.8, 4) is 11.5 Å². The number of ether oxygens (including phenoxy) is 2. The number of urea groups is 1. The van der Waals surface area contributed by atoms with Crippen molar-refractivity contribution in [3.63, 3.8) is 0 Å². The summed E-state index contributed by atoms with van der Waals surface area (Å²) in [5.41, 5.74) is 5.97. The standard InChI is InChI=1S/C29H27N3O3/c1-34-27-17-21-14-15-30-26(24(21)18-28(27)35-2)16-19-10-12-22(13-11-19)31-29(33)32-25-9-5-7-20-6-3-4-8-23(20)25/h3-13,17-18H,14-16H2,1-2H3,(H2,31,32,33).